The summed E-state index contributed by atoms with van der Waals surface area (Å²) in [6.07, 6.45) is 1.66. The van der Waals surface area contributed by atoms with Gasteiger partial charge in [0.25, 0.3) is 0 Å². The molecule has 0 saturated carbocycles. The second-order valence-electron chi connectivity index (χ2n) is 6.56. The molecule has 1 fully saturated rings. The minimum Gasteiger partial charge on any atom is -0.480 e. The average molecular weight is 388 g/mol. The minimum atomic E-state index is -0.828. The SMILES string of the molecule is CC(C(=O)NCc1ccccc1F)N1CCC(N(C)CC(=O)O)CC1.Cl. The lowest BCUT2D eigenvalue weighted by Gasteiger charge is -2.38. The van der Waals surface area contributed by atoms with Gasteiger partial charge in [0.05, 0.1) is 12.6 Å². The molecule has 0 radical (unpaired) electrons. The van der Waals surface area contributed by atoms with Crippen LogP contribution in [0.1, 0.15) is 25.3 Å². The molecule has 0 spiro atoms. The van der Waals surface area contributed by atoms with Crippen molar-refractivity contribution < 1.29 is 19.1 Å². The van der Waals surface area contributed by atoms with Gasteiger partial charge in [-0.05, 0) is 32.9 Å². The van der Waals surface area contributed by atoms with E-state index in [4.69, 9.17) is 5.11 Å². The van der Waals surface area contributed by atoms with Gasteiger partial charge in [0.2, 0.25) is 5.91 Å². The Hall–Kier alpha value is -1.70. The quantitative estimate of drug-likeness (QED) is 0.745. The zero-order valence-electron chi connectivity index (χ0n) is 15.2. The summed E-state index contributed by atoms with van der Waals surface area (Å²) in [7, 11) is 1.82. The Kier molecular flexibility index (Phi) is 8.98. The summed E-state index contributed by atoms with van der Waals surface area (Å²) in [6.45, 7) is 3.53. The largest absolute Gasteiger partial charge is 0.480 e. The maximum absolute atomic E-state index is 13.6. The molecule has 0 bridgehead atoms. The summed E-state index contributed by atoms with van der Waals surface area (Å²) < 4.78 is 13.6. The number of halogens is 2. The number of carboxylic acid groups (broad SMARTS) is 1. The van der Waals surface area contributed by atoms with Gasteiger partial charge in [0.15, 0.2) is 0 Å². The van der Waals surface area contributed by atoms with Crippen molar-refractivity contribution in [2.45, 2.75) is 38.4 Å². The third-order valence-corrected chi connectivity index (χ3v) is 4.85. The van der Waals surface area contributed by atoms with Crippen LogP contribution in [0.15, 0.2) is 24.3 Å². The summed E-state index contributed by atoms with van der Waals surface area (Å²) >= 11 is 0. The van der Waals surface area contributed by atoms with Crippen LogP contribution >= 0.6 is 12.4 Å². The van der Waals surface area contributed by atoms with Crippen LogP contribution in [0.3, 0.4) is 0 Å². The van der Waals surface area contributed by atoms with E-state index in [1.54, 1.807) is 18.2 Å². The number of amides is 1. The zero-order valence-corrected chi connectivity index (χ0v) is 16.0. The van der Waals surface area contributed by atoms with E-state index in [1.807, 2.05) is 18.9 Å². The number of carbonyl (C=O) groups is 2. The summed E-state index contributed by atoms with van der Waals surface area (Å²) in [5.41, 5.74) is 0.469. The highest BCUT2D eigenvalue weighted by atomic mass is 35.5. The topological polar surface area (TPSA) is 72.9 Å². The lowest BCUT2D eigenvalue weighted by Crippen LogP contribution is -2.51. The van der Waals surface area contributed by atoms with E-state index in [-0.39, 0.29) is 49.3 Å². The molecule has 1 aromatic carbocycles. The maximum atomic E-state index is 13.6. The number of rotatable bonds is 7. The van der Waals surface area contributed by atoms with Gasteiger partial charge in [-0.3, -0.25) is 19.4 Å². The highest BCUT2D eigenvalue weighted by Gasteiger charge is 2.28. The third-order valence-electron chi connectivity index (χ3n) is 4.85. The van der Waals surface area contributed by atoms with Crippen molar-refractivity contribution in [2.24, 2.45) is 0 Å². The van der Waals surface area contributed by atoms with Crippen molar-refractivity contribution in [1.82, 2.24) is 15.1 Å². The number of carboxylic acids is 1. The first kappa shape index (κ1) is 22.3. The Morgan fingerprint density at radius 3 is 2.54 bits per heavy atom. The average Bonchev–Trinajstić information content (AvgIpc) is 2.59. The van der Waals surface area contributed by atoms with Gasteiger partial charge in [-0.1, -0.05) is 18.2 Å². The fraction of sp³-hybridized carbons (Fsp3) is 0.556. The predicted octanol–water partition coefficient (Wildman–Crippen LogP) is 1.73. The van der Waals surface area contributed by atoms with Crippen molar-refractivity contribution in [3.05, 3.63) is 35.6 Å². The van der Waals surface area contributed by atoms with Gasteiger partial charge in [-0.25, -0.2) is 4.39 Å². The van der Waals surface area contributed by atoms with Gasteiger partial charge in [-0.15, -0.1) is 12.4 Å². The summed E-state index contributed by atoms with van der Waals surface area (Å²) in [6, 6.07) is 6.33. The molecule has 0 aromatic heterocycles. The van der Waals surface area contributed by atoms with Gasteiger partial charge in [-0.2, -0.15) is 0 Å². The zero-order chi connectivity index (χ0) is 18.4. The molecule has 26 heavy (non-hydrogen) atoms. The molecule has 2 rings (SSSR count). The second-order valence-corrected chi connectivity index (χ2v) is 6.56. The number of piperidine rings is 1. The molecule has 1 aromatic rings. The summed E-state index contributed by atoms with van der Waals surface area (Å²) in [5.74, 6) is -1.27. The second kappa shape index (κ2) is 10.4. The van der Waals surface area contributed by atoms with Gasteiger partial charge in [0.1, 0.15) is 5.82 Å². The Morgan fingerprint density at radius 1 is 1.35 bits per heavy atom. The molecule has 1 heterocycles. The van der Waals surface area contributed by atoms with E-state index in [2.05, 4.69) is 10.2 Å². The van der Waals surface area contributed by atoms with E-state index in [9.17, 15) is 14.0 Å². The number of benzene rings is 1. The molecule has 1 atom stereocenters. The lowest BCUT2D eigenvalue weighted by molar-refractivity contribution is -0.138. The molecule has 2 N–H and O–H groups in total. The van der Waals surface area contributed by atoms with Gasteiger partial charge in [0, 0.05) is 31.2 Å². The molecule has 1 saturated heterocycles. The lowest BCUT2D eigenvalue weighted by atomic mass is 10.0. The Labute approximate surface area is 159 Å². The van der Waals surface area contributed by atoms with Gasteiger partial charge >= 0.3 is 5.97 Å². The van der Waals surface area contributed by atoms with E-state index in [0.29, 0.717) is 5.56 Å². The first-order valence-corrected chi connectivity index (χ1v) is 8.55. The molecule has 1 amide bonds. The normalized spacial score (nSPS) is 16.8. The van der Waals surface area contributed by atoms with Crippen molar-refractivity contribution in [1.29, 1.82) is 0 Å². The van der Waals surface area contributed by atoms with Crippen molar-refractivity contribution in [3.8, 4) is 0 Å². The highest BCUT2D eigenvalue weighted by molar-refractivity contribution is 5.85. The van der Waals surface area contributed by atoms with Crippen LogP contribution in [-0.2, 0) is 16.1 Å². The van der Waals surface area contributed by atoms with Crippen molar-refractivity contribution in [2.75, 3.05) is 26.7 Å². The first-order chi connectivity index (χ1) is 11.9. The Morgan fingerprint density at radius 2 is 1.96 bits per heavy atom. The number of likely N-dealkylation sites (tertiary alicyclic amines) is 1. The Bertz CT molecular complexity index is 609. The number of likely N-dealkylation sites (N-methyl/N-ethyl adjacent to an activating group) is 1. The molecule has 1 unspecified atom stereocenters. The van der Waals surface area contributed by atoms with Crippen molar-refractivity contribution in [3.63, 3.8) is 0 Å². The predicted molar refractivity (Wildman–Crippen MR) is 99.8 cm³/mol. The van der Waals surface area contributed by atoms with Gasteiger partial charge < -0.3 is 10.4 Å². The molecule has 0 aliphatic carbocycles. The number of nitrogens with zero attached hydrogens (tertiary/aromatic N) is 2. The van der Waals surface area contributed by atoms with Crippen LogP contribution in [0.4, 0.5) is 4.39 Å². The molecule has 1 aliphatic rings. The van der Waals surface area contributed by atoms with Crippen LogP contribution in [0.5, 0.6) is 0 Å². The number of hydrogen-bond donors (Lipinski definition) is 2. The molecule has 146 valence electrons. The van der Waals surface area contributed by atoms with E-state index in [1.165, 1.54) is 6.07 Å². The van der Waals surface area contributed by atoms with Crippen LogP contribution in [0.25, 0.3) is 0 Å². The smallest absolute Gasteiger partial charge is 0.317 e. The van der Waals surface area contributed by atoms with Crippen LogP contribution < -0.4 is 5.32 Å². The molecular formula is C18H27ClFN3O3. The Balaban J connectivity index is 0.00000338. The number of nitrogens with one attached hydrogen (secondary N) is 1. The van der Waals surface area contributed by atoms with E-state index >= 15 is 0 Å². The fourth-order valence-electron chi connectivity index (χ4n) is 3.19. The molecule has 8 heteroatoms. The molecule has 1 aliphatic heterocycles. The van der Waals surface area contributed by atoms with E-state index in [0.717, 1.165) is 25.9 Å². The highest BCUT2D eigenvalue weighted by Crippen LogP contribution is 2.17. The minimum absolute atomic E-state index is 0. The first-order valence-electron chi connectivity index (χ1n) is 8.55. The molecule has 6 nitrogen and oxygen atoms in total. The van der Waals surface area contributed by atoms with Crippen LogP contribution in [0.2, 0.25) is 0 Å². The monoisotopic (exact) mass is 387 g/mol. The van der Waals surface area contributed by atoms with Crippen LogP contribution in [-0.4, -0.2) is 65.5 Å². The van der Waals surface area contributed by atoms with E-state index < -0.39 is 5.97 Å². The van der Waals surface area contributed by atoms with Crippen LogP contribution in [0, 0.1) is 5.82 Å². The van der Waals surface area contributed by atoms with Crippen molar-refractivity contribution >= 4 is 24.3 Å². The summed E-state index contributed by atoms with van der Waals surface area (Å²) in [4.78, 5) is 27.1. The standard InChI is InChI=1S/C18H26FN3O3.ClH/c1-13(18(25)20-11-14-5-3-4-6-16(14)19)22-9-7-15(8-10-22)21(2)12-17(23)24;/h3-6,13,15H,7-12H2,1-2H3,(H,20,25)(H,23,24);1H. The number of hydrogen-bond acceptors (Lipinski definition) is 4. The fourth-order valence-corrected chi connectivity index (χ4v) is 3.19. The molecular weight excluding hydrogens is 361 g/mol. The third kappa shape index (κ3) is 6.23. The number of aliphatic carboxylic acids is 1. The number of carbonyl (C=O) groups excluding carboxylic acids is 1. The maximum Gasteiger partial charge on any atom is 0.317 e. The summed E-state index contributed by atoms with van der Waals surface area (Å²) in [5, 5.41) is 11.7.